The molecule has 4 aromatic carbocycles. The van der Waals surface area contributed by atoms with E-state index < -0.39 is 34.5 Å². The molecule has 1 atom stereocenters. The molecular weight excluding hydrogens is 509 g/mol. The normalized spacial score (nSPS) is 11.8. The number of hydrogen-bond acceptors (Lipinski definition) is 6. The van der Waals surface area contributed by atoms with Crippen LogP contribution in [0.4, 0.5) is 10.1 Å². The molecule has 4 aromatic rings. The fraction of sp³-hybridized carbons (Fsp3) is 0.103. The zero-order chi connectivity index (χ0) is 27.1. The van der Waals surface area contributed by atoms with Gasteiger partial charge in [0.25, 0.3) is 10.0 Å². The van der Waals surface area contributed by atoms with Crippen LogP contribution in [0.2, 0.25) is 0 Å². The minimum atomic E-state index is -3.90. The Morgan fingerprint density at radius 2 is 1.39 bits per heavy atom. The molecule has 0 aromatic heterocycles. The summed E-state index contributed by atoms with van der Waals surface area (Å²) in [6.45, 7) is -0.464. The van der Waals surface area contributed by atoms with Crippen molar-refractivity contribution < 1.29 is 31.9 Å². The van der Waals surface area contributed by atoms with Crippen LogP contribution in [0, 0.1) is 5.82 Å². The lowest BCUT2D eigenvalue weighted by Gasteiger charge is -2.20. The third-order valence-electron chi connectivity index (χ3n) is 5.68. The van der Waals surface area contributed by atoms with Crippen molar-refractivity contribution >= 4 is 27.5 Å². The van der Waals surface area contributed by atoms with Gasteiger partial charge in [-0.25, -0.2) is 17.6 Å². The van der Waals surface area contributed by atoms with Gasteiger partial charge in [0.05, 0.1) is 10.6 Å². The minimum Gasteiger partial charge on any atom is -0.482 e. The van der Waals surface area contributed by atoms with Crippen molar-refractivity contribution in [2.24, 2.45) is 0 Å². The molecule has 194 valence electrons. The number of sulfonamides is 1. The summed E-state index contributed by atoms with van der Waals surface area (Å²) in [7, 11) is -2.52. The molecule has 0 fully saturated rings. The lowest BCUT2D eigenvalue weighted by atomic mass is 10.00. The second-order valence-electron chi connectivity index (χ2n) is 8.22. The van der Waals surface area contributed by atoms with E-state index in [2.05, 4.69) is 0 Å². The van der Waals surface area contributed by atoms with Crippen LogP contribution >= 0.6 is 0 Å². The lowest BCUT2D eigenvalue weighted by molar-refractivity contribution is -0.149. The summed E-state index contributed by atoms with van der Waals surface area (Å²) in [6, 6.07) is 27.8. The fourth-order valence-electron chi connectivity index (χ4n) is 3.62. The molecule has 7 nitrogen and oxygen atoms in total. The van der Waals surface area contributed by atoms with Gasteiger partial charge in [0, 0.05) is 18.2 Å². The number of carbonyl (C=O) groups is 2. The summed E-state index contributed by atoms with van der Waals surface area (Å²) in [5, 5.41) is 0. The highest BCUT2D eigenvalue weighted by molar-refractivity contribution is 7.92. The average molecular weight is 534 g/mol. The molecule has 4 rings (SSSR count). The zero-order valence-electron chi connectivity index (χ0n) is 20.4. The van der Waals surface area contributed by atoms with Crippen LogP contribution in [0.3, 0.4) is 0 Å². The molecule has 9 heteroatoms. The predicted octanol–water partition coefficient (Wildman–Crippen LogP) is 5.20. The first-order chi connectivity index (χ1) is 18.3. The van der Waals surface area contributed by atoms with Gasteiger partial charge < -0.3 is 9.47 Å². The largest absolute Gasteiger partial charge is 0.482 e. The molecule has 0 saturated carbocycles. The van der Waals surface area contributed by atoms with Crippen molar-refractivity contribution in [3.05, 3.63) is 126 Å². The number of Topliss-reactive ketones (excluding diaryl/α,β-unsaturated/α-hetero) is 1. The maximum Gasteiger partial charge on any atom is 0.345 e. The average Bonchev–Trinajstić information content (AvgIpc) is 2.95. The summed E-state index contributed by atoms with van der Waals surface area (Å²) in [4.78, 5) is 25.6. The van der Waals surface area contributed by atoms with Crippen LogP contribution in [0.5, 0.6) is 5.75 Å². The SMILES string of the molecule is CN(c1ccc(OCC(=O)OC(C(=O)c2ccccc2)c2ccccc2)cc1)S(=O)(=O)c1ccc(F)cc1. The minimum absolute atomic E-state index is 0.0532. The third-order valence-corrected chi connectivity index (χ3v) is 7.48. The monoisotopic (exact) mass is 533 g/mol. The maximum absolute atomic E-state index is 13.2. The van der Waals surface area contributed by atoms with E-state index in [-0.39, 0.29) is 10.7 Å². The quantitative estimate of drug-likeness (QED) is 0.206. The number of esters is 1. The number of rotatable bonds is 10. The van der Waals surface area contributed by atoms with Gasteiger partial charge in [0.1, 0.15) is 11.6 Å². The second kappa shape index (κ2) is 11.7. The highest BCUT2D eigenvalue weighted by Gasteiger charge is 2.26. The number of ketones is 1. The molecule has 0 spiro atoms. The van der Waals surface area contributed by atoms with Gasteiger partial charge in [-0.2, -0.15) is 0 Å². The number of nitrogens with zero attached hydrogens (tertiary/aromatic N) is 1. The van der Waals surface area contributed by atoms with E-state index in [0.717, 1.165) is 16.4 Å². The predicted molar refractivity (Wildman–Crippen MR) is 140 cm³/mol. The first kappa shape index (κ1) is 26.6. The Hall–Kier alpha value is -4.50. The van der Waals surface area contributed by atoms with Crippen LogP contribution in [0.15, 0.2) is 114 Å². The number of halogens is 1. The summed E-state index contributed by atoms with van der Waals surface area (Å²) < 4.78 is 50.9. The Morgan fingerprint density at radius 1 is 0.816 bits per heavy atom. The van der Waals surface area contributed by atoms with Crippen LogP contribution in [0.25, 0.3) is 0 Å². The molecule has 0 aliphatic heterocycles. The molecule has 0 saturated heterocycles. The summed E-state index contributed by atoms with van der Waals surface area (Å²) in [5.41, 5.74) is 1.27. The number of ether oxygens (including phenoxy) is 2. The summed E-state index contributed by atoms with van der Waals surface area (Å²) in [5.74, 6) is -1.35. The topological polar surface area (TPSA) is 90.0 Å². The molecule has 1 unspecified atom stereocenters. The number of anilines is 1. The second-order valence-corrected chi connectivity index (χ2v) is 10.2. The van der Waals surface area contributed by atoms with E-state index in [0.29, 0.717) is 22.6 Å². The van der Waals surface area contributed by atoms with E-state index in [1.54, 1.807) is 60.7 Å². The van der Waals surface area contributed by atoms with Gasteiger partial charge in [-0.3, -0.25) is 9.10 Å². The highest BCUT2D eigenvalue weighted by Crippen LogP contribution is 2.26. The van der Waals surface area contributed by atoms with Crippen molar-refractivity contribution in [2.45, 2.75) is 11.0 Å². The van der Waals surface area contributed by atoms with Gasteiger partial charge >= 0.3 is 5.97 Å². The molecule has 0 amide bonds. The first-order valence-corrected chi connectivity index (χ1v) is 13.0. The van der Waals surface area contributed by atoms with E-state index in [1.165, 1.54) is 43.4 Å². The van der Waals surface area contributed by atoms with Crippen LogP contribution < -0.4 is 9.04 Å². The molecule has 0 radical (unpaired) electrons. The summed E-state index contributed by atoms with van der Waals surface area (Å²) in [6.07, 6.45) is -1.14. The van der Waals surface area contributed by atoms with Gasteiger partial charge in [-0.15, -0.1) is 0 Å². The smallest absolute Gasteiger partial charge is 0.345 e. The van der Waals surface area contributed by atoms with Crippen LogP contribution in [-0.2, 0) is 19.6 Å². The van der Waals surface area contributed by atoms with Crippen molar-refractivity contribution in [2.75, 3.05) is 18.0 Å². The van der Waals surface area contributed by atoms with Gasteiger partial charge in [0.15, 0.2) is 12.7 Å². The number of carbonyl (C=O) groups excluding carboxylic acids is 2. The zero-order valence-corrected chi connectivity index (χ0v) is 21.2. The standard InChI is InChI=1S/C29H24FNO6S/c1-31(38(34,35)26-18-12-23(30)13-19-26)24-14-16-25(17-15-24)36-20-27(32)37-29(22-10-6-3-7-11-22)28(33)21-8-4-2-5-9-21/h2-19,29H,20H2,1H3. The Labute approximate surface area is 220 Å². The van der Waals surface area contributed by atoms with Crippen molar-refractivity contribution in [1.82, 2.24) is 0 Å². The van der Waals surface area contributed by atoms with Crippen LogP contribution in [-0.4, -0.2) is 33.8 Å². The first-order valence-electron chi connectivity index (χ1n) is 11.6. The summed E-state index contributed by atoms with van der Waals surface area (Å²) >= 11 is 0. The van der Waals surface area contributed by atoms with Crippen molar-refractivity contribution in [3.8, 4) is 5.75 Å². The molecular formula is C29H24FNO6S. The lowest BCUT2D eigenvalue weighted by Crippen LogP contribution is -2.26. The molecule has 0 aliphatic carbocycles. The van der Waals surface area contributed by atoms with E-state index in [9.17, 15) is 22.4 Å². The molecule has 0 heterocycles. The van der Waals surface area contributed by atoms with Gasteiger partial charge in [-0.05, 0) is 48.5 Å². The van der Waals surface area contributed by atoms with Gasteiger partial charge in [0.2, 0.25) is 5.78 Å². The number of benzene rings is 4. The maximum atomic E-state index is 13.2. The van der Waals surface area contributed by atoms with E-state index in [1.807, 2.05) is 0 Å². The highest BCUT2D eigenvalue weighted by atomic mass is 32.2. The number of hydrogen-bond donors (Lipinski definition) is 0. The van der Waals surface area contributed by atoms with Gasteiger partial charge in [-0.1, -0.05) is 60.7 Å². The van der Waals surface area contributed by atoms with E-state index >= 15 is 0 Å². The third kappa shape index (κ3) is 6.24. The Morgan fingerprint density at radius 3 is 2.00 bits per heavy atom. The fourth-order valence-corrected chi connectivity index (χ4v) is 4.81. The molecule has 0 aliphatic rings. The van der Waals surface area contributed by atoms with Crippen molar-refractivity contribution in [3.63, 3.8) is 0 Å². The Bertz CT molecular complexity index is 1490. The van der Waals surface area contributed by atoms with Crippen LogP contribution in [0.1, 0.15) is 22.0 Å². The molecule has 0 bridgehead atoms. The molecule has 0 N–H and O–H groups in total. The van der Waals surface area contributed by atoms with E-state index in [4.69, 9.17) is 9.47 Å². The van der Waals surface area contributed by atoms with Crippen molar-refractivity contribution in [1.29, 1.82) is 0 Å². The Kier molecular flexibility index (Phi) is 8.18. The molecule has 38 heavy (non-hydrogen) atoms. The Balaban J connectivity index is 1.41.